The number of carboxylic acid groups (broad SMARTS) is 1. The van der Waals surface area contributed by atoms with Gasteiger partial charge >= 0.3 is 5.97 Å². The summed E-state index contributed by atoms with van der Waals surface area (Å²) in [5.74, 6) is 0.953. The van der Waals surface area contributed by atoms with E-state index < -0.39 is 11.6 Å². The highest BCUT2D eigenvalue weighted by Crippen LogP contribution is 2.48. The van der Waals surface area contributed by atoms with E-state index in [4.69, 9.17) is 21.3 Å². The first-order chi connectivity index (χ1) is 20.9. The van der Waals surface area contributed by atoms with Crippen LogP contribution in [0.4, 0.5) is 0 Å². The first-order valence-electron chi connectivity index (χ1n) is 16.8. The number of ether oxygens (including phenoxy) is 1. The molecule has 0 amide bonds. The second-order valence-electron chi connectivity index (χ2n) is 14.7. The monoisotopic (exact) mass is 650 g/mol. The minimum atomic E-state index is -0.707. The molecule has 2 aliphatic heterocycles. The molecular weight excluding hydrogens is 600 g/mol. The highest BCUT2D eigenvalue weighted by atomic mass is 35.5. The van der Waals surface area contributed by atoms with Crippen molar-refractivity contribution in [1.29, 1.82) is 0 Å². The molecule has 1 aromatic heterocycles. The van der Waals surface area contributed by atoms with Crippen LogP contribution in [0.3, 0.4) is 0 Å². The Morgan fingerprint density at radius 2 is 2.02 bits per heavy atom. The van der Waals surface area contributed by atoms with Gasteiger partial charge in [0.15, 0.2) is 0 Å². The molecule has 9 nitrogen and oxygen atoms in total. The number of nitrogens with one attached hydrogen (secondary N) is 1. The Hall–Kier alpha value is -1.17. The van der Waals surface area contributed by atoms with Gasteiger partial charge in [0.05, 0.1) is 36.5 Å². The summed E-state index contributed by atoms with van der Waals surface area (Å²) < 4.78 is 8.44. The van der Waals surface area contributed by atoms with Gasteiger partial charge in [-0.25, -0.2) is 4.98 Å². The maximum Gasteiger partial charge on any atom is 0.308 e. The summed E-state index contributed by atoms with van der Waals surface area (Å²) in [6.07, 6.45) is 8.81. The van der Waals surface area contributed by atoms with E-state index >= 15 is 0 Å². The molecule has 246 valence electrons. The number of halogens is 1. The number of hydrogen-bond acceptors (Lipinski definition) is 8. The fourth-order valence-electron chi connectivity index (χ4n) is 9.17. The van der Waals surface area contributed by atoms with Crippen molar-refractivity contribution in [2.45, 2.75) is 138 Å². The van der Waals surface area contributed by atoms with Crippen LogP contribution in [0.1, 0.15) is 82.3 Å². The normalized spacial score (nSPS) is 40.6. The number of likely N-dealkylation sites (N-methyl/N-ethyl adjacent to an activating group) is 1. The summed E-state index contributed by atoms with van der Waals surface area (Å²) in [6, 6.07) is 0.860. The third-order valence-corrected chi connectivity index (χ3v) is 13.6. The van der Waals surface area contributed by atoms with Crippen LogP contribution in [0.15, 0.2) is 4.79 Å². The zero-order valence-electron chi connectivity index (χ0n) is 26.7. The van der Waals surface area contributed by atoms with Crippen molar-refractivity contribution in [1.82, 2.24) is 19.8 Å². The van der Waals surface area contributed by atoms with Gasteiger partial charge in [0, 0.05) is 46.1 Å². The van der Waals surface area contributed by atoms with Gasteiger partial charge in [-0.05, 0) is 104 Å². The number of aryl methyl sites for hydroxylation is 2. The SMILES string of the molecule is Cc1nc2c(c(=O)n1CCOC1CCC(Cl)CC1C1CC(C)NC3C(C(=O)O)CSC13)C[C@H](N(C)[C@H]1CC[C@@](C)(O)C1)CC2. The van der Waals surface area contributed by atoms with Gasteiger partial charge in [-0.3, -0.25) is 14.2 Å². The third kappa shape index (κ3) is 6.63. The highest BCUT2D eigenvalue weighted by molar-refractivity contribution is 8.00. The Morgan fingerprint density at radius 3 is 2.75 bits per heavy atom. The lowest BCUT2D eigenvalue weighted by Crippen LogP contribution is -2.57. The van der Waals surface area contributed by atoms with Crippen molar-refractivity contribution in [2.24, 2.45) is 17.8 Å². The molecule has 6 rings (SSSR count). The van der Waals surface area contributed by atoms with E-state index in [2.05, 4.69) is 24.2 Å². The predicted octanol–water partition coefficient (Wildman–Crippen LogP) is 3.62. The molecular formula is C33H51ClN4O5S. The molecule has 2 saturated heterocycles. The number of nitrogens with zero attached hydrogens (tertiary/aromatic N) is 3. The summed E-state index contributed by atoms with van der Waals surface area (Å²) in [6.45, 7) is 6.93. The van der Waals surface area contributed by atoms with E-state index in [-0.39, 0.29) is 52.3 Å². The number of rotatable bonds is 8. The number of hydrogen-bond donors (Lipinski definition) is 3. The Labute approximate surface area is 270 Å². The van der Waals surface area contributed by atoms with E-state index in [9.17, 15) is 19.8 Å². The summed E-state index contributed by atoms with van der Waals surface area (Å²) in [5, 5.41) is 24.3. The van der Waals surface area contributed by atoms with Crippen LogP contribution >= 0.6 is 23.4 Å². The van der Waals surface area contributed by atoms with Gasteiger partial charge in [-0.1, -0.05) is 0 Å². The summed E-state index contributed by atoms with van der Waals surface area (Å²) in [5.41, 5.74) is 1.25. The highest BCUT2D eigenvalue weighted by Gasteiger charge is 2.51. The topological polar surface area (TPSA) is 117 Å². The molecule has 1 aromatic rings. The number of aliphatic carboxylic acids is 1. The van der Waals surface area contributed by atoms with Crippen LogP contribution < -0.4 is 10.9 Å². The van der Waals surface area contributed by atoms with Crippen LogP contribution in [0.2, 0.25) is 0 Å². The van der Waals surface area contributed by atoms with Crippen molar-refractivity contribution < 1.29 is 19.7 Å². The van der Waals surface area contributed by atoms with Gasteiger partial charge in [0.1, 0.15) is 5.82 Å². The van der Waals surface area contributed by atoms with Gasteiger partial charge in [0.25, 0.3) is 5.56 Å². The smallest absolute Gasteiger partial charge is 0.308 e. The molecule has 44 heavy (non-hydrogen) atoms. The number of carboxylic acids is 1. The largest absolute Gasteiger partial charge is 0.481 e. The first-order valence-corrected chi connectivity index (χ1v) is 18.3. The molecule has 5 aliphatic rings. The van der Waals surface area contributed by atoms with Crippen LogP contribution in [-0.2, 0) is 28.9 Å². The Kier molecular flexibility index (Phi) is 9.79. The molecule has 3 heterocycles. The molecule has 3 N–H and O–H groups in total. The molecule has 0 spiro atoms. The van der Waals surface area contributed by atoms with Crippen molar-refractivity contribution in [3.05, 3.63) is 27.4 Å². The summed E-state index contributed by atoms with van der Waals surface area (Å²) >= 11 is 8.55. The van der Waals surface area contributed by atoms with Crippen LogP contribution in [0.25, 0.3) is 0 Å². The molecule has 11 heteroatoms. The quantitative estimate of drug-likeness (QED) is 0.363. The van der Waals surface area contributed by atoms with Crippen LogP contribution in [0.5, 0.6) is 0 Å². The lowest BCUT2D eigenvalue weighted by atomic mass is 9.70. The molecule has 3 aliphatic carbocycles. The Bertz CT molecular complexity index is 1280. The lowest BCUT2D eigenvalue weighted by Gasteiger charge is -2.47. The van der Waals surface area contributed by atoms with Crippen molar-refractivity contribution in [3.8, 4) is 0 Å². The minimum absolute atomic E-state index is 0.0184. The van der Waals surface area contributed by atoms with E-state index in [0.29, 0.717) is 37.3 Å². The average molecular weight is 651 g/mol. The number of carbonyl (C=O) groups is 1. The second kappa shape index (κ2) is 13.1. The fourth-order valence-corrected chi connectivity index (χ4v) is 11.3. The van der Waals surface area contributed by atoms with Crippen molar-refractivity contribution in [2.75, 3.05) is 19.4 Å². The maximum absolute atomic E-state index is 13.8. The van der Waals surface area contributed by atoms with E-state index in [0.717, 1.165) is 74.9 Å². The standard InChI is InChI=1S/C33H51ClN4O5S/c1-18-13-24(30-29(35-18)26(17-44-30)32(40)41)23-14-20(34)5-8-28(23)43-12-11-38-19(2)36-27-7-6-21(15-25(27)31(38)39)37(4)22-9-10-33(3,42)16-22/h18,20-24,26,28-30,35,42H,5-17H2,1-4H3,(H,40,41)/t18?,20?,21-,22+,23?,24?,26?,28?,29?,30?,33-/m1/s1. The Balaban J connectivity index is 1.13. The number of aromatic nitrogens is 2. The molecule has 0 bridgehead atoms. The van der Waals surface area contributed by atoms with E-state index in [1.165, 1.54) is 0 Å². The molecule has 8 unspecified atom stereocenters. The van der Waals surface area contributed by atoms with Gasteiger partial charge in [0.2, 0.25) is 0 Å². The zero-order chi connectivity index (χ0) is 31.3. The van der Waals surface area contributed by atoms with Gasteiger partial charge < -0.3 is 25.2 Å². The summed E-state index contributed by atoms with van der Waals surface area (Å²) in [7, 11) is 2.15. The fraction of sp³-hybridized carbons (Fsp3) is 0.848. The maximum atomic E-state index is 13.8. The minimum Gasteiger partial charge on any atom is -0.481 e. The van der Waals surface area contributed by atoms with Gasteiger partial charge in [-0.15, -0.1) is 11.6 Å². The summed E-state index contributed by atoms with van der Waals surface area (Å²) in [4.78, 5) is 33.1. The number of thioether (sulfide) groups is 1. The van der Waals surface area contributed by atoms with E-state index in [1.54, 1.807) is 16.3 Å². The number of fused-ring (bicyclic) bond motifs is 2. The number of aliphatic hydroxyl groups is 1. The molecule has 11 atom stereocenters. The zero-order valence-corrected chi connectivity index (χ0v) is 28.3. The Morgan fingerprint density at radius 1 is 1.23 bits per heavy atom. The molecule has 4 fully saturated rings. The van der Waals surface area contributed by atoms with E-state index in [1.807, 2.05) is 13.8 Å². The number of alkyl halides is 1. The predicted molar refractivity (Wildman–Crippen MR) is 174 cm³/mol. The van der Waals surface area contributed by atoms with Crippen LogP contribution in [-0.4, -0.2) is 96.5 Å². The molecule has 0 aromatic carbocycles. The average Bonchev–Trinajstić information content (AvgIpc) is 3.57. The first kappa shape index (κ1) is 32.8. The van der Waals surface area contributed by atoms with Crippen LogP contribution in [0, 0.1) is 24.7 Å². The molecule has 2 saturated carbocycles. The van der Waals surface area contributed by atoms with Crippen molar-refractivity contribution >= 4 is 29.3 Å². The molecule has 0 radical (unpaired) electrons. The van der Waals surface area contributed by atoms with Gasteiger partial charge in [-0.2, -0.15) is 11.8 Å². The number of piperidine rings is 1. The lowest BCUT2D eigenvalue weighted by molar-refractivity contribution is -0.142. The van der Waals surface area contributed by atoms with Crippen molar-refractivity contribution in [3.63, 3.8) is 0 Å². The second-order valence-corrected chi connectivity index (χ2v) is 16.5. The third-order valence-electron chi connectivity index (χ3n) is 11.6.